The minimum absolute atomic E-state index is 0.183. The molecule has 0 amide bonds. The quantitative estimate of drug-likeness (QED) is 0.808. The first-order valence-corrected chi connectivity index (χ1v) is 8.58. The van der Waals surface area contributed by atoms with Gasteiger partial charge in [-0.3, -0.25) is 0 Å². The van der Waals surface area contributed by atoms with Crippen LogP contribution in [0.15, 0.2) is 24.3 Å². The summed E-state index contributed by atoms with van der Waals surface area (Å²) in [7, 11) is 0. The van der Waals surface area contributed by atoms with E-state index in [1.54, 1.807) is 0 Å². The molecule has 0 heterocycles. The molecule has 1 N–H and O–H groups in total. The number of hydrogen-bond acceptors (Lipinski definition) is 2. The van der Waals surface area contributed by atoms with Gasteiger partial charge in [-0.25, -0.2) is 0 Å². The van der Waals surface area contributed by atoms with Crippen molar-refractivity contribution in [1.82, 2.24) is 5.32 Å². The van der Waals surface area contributed by atoms with E-state index in [1.165, 1.54) is 50.0 Å². The summed E-state index contributed by atoms with van der Waals surface area (Å²) in [5.41, 5.74) is 2.99. The van der Waals surface area contributed by atoms with Gasteiger partial charge in [0.25, 0.3) is 0 Å². The van der Waals surface area contributed by atoms with Crippen molar-refractivity contribution in [1.29, 1.82) is 0 Å². The van der Waals surface area contributed by atoms with E-state index >= 15 is 0 Å². The van der Waals surface area contributed by atoms with Crippen LogP contribution in [0.25, 0.3) is 0 Å². The van der Waals surface area contributed by atoms with Crippen LogP contribution >= 0.6 is 0 Å². The molecule has 0 aromatic heterocycles. The number of nitrogens with one attached hydrogen (secondary N) is 1. The fourth-order valence-electron chi connectivity index (χ4n) is 2.70. The van der Waals surface area contributed by atoms with Crippen LogP contribution in [0.2, 0.25) is 0 Å². The highest BCUT2D eigenvalue weighted by Crippen LogP contribution is 2.35. The lowest BCUT2D eigenvalue weighted by molar-refractivity contribution is 0.424. The van der Waals surface area contributed by atoms with Gasteiger partial charge in [-0.15, -0.1) is 0 Å². The molecule has 2 saturated carbocycles. The van der Waals surface area contributed by atoms with Crippen molar-refractivity contribution in [3.63, 3.8) is 0 Å². The highest BCUT2D eigenvalue weighted by molar-refractivity contribution is 5.48. The van der Waals surface area contributed by atoms with E-state index in [9.17, 15) is 0 Å². The molecule has 3 rings (SSSR count). The van der Waals surface area contributed by atoms with Gasteiger partial charge in [0.05, 0.1) is 0 Å². The van der Waals surface area contributed by atoms with E-state index < -0.39 is 0 Å². The predicted octanol–water partition coefficient (Wildman–Crippen LogP) is 4.20. The van der Waals surface area contributed by atoms with Crippen molar-refractivity contribution in [3.05, 3.63) is 29.8 Å². The van der Waals surface area contributed by atoms with Crippen LogP contribution in [0.1, 0.15) is 52.0 Å². The van der Waals surface area contributed by atoms with E-state index in [0.717, 1.165) is 18.4 Å². The molecule has 1 aromatic carbocycles. The van der Waals surface area contributed by atoms with Gasteiger partial charge in [-0.05, 0) is 76.0 Å². The lowest BCUT2D eigenvalue weighted by Gasteiger charge is -2.25. The summed E-state index contributed by atoms with van der Waals surface area (Å²) in [5.74, 6) is 1.93. The van der Waals surface area contributed by atoms with Crippen LogP contribution in [-0.4, -0.2) is 18.6 Å². The summed E-state index contributed by atoms with van der Waals surface area (Å²) in [5, 5.41) is 3.56. The van der Waals surface area contributed by atoms with Crippen molar-refractivity contribution in [2.24, 2.45) is 11.8 Å². The average Bonchev–Trinajstić information content (AvgIpc) is 3.31. The van der Waals surface area contributed by atoms with Gasteiger partial charge >= 0.3 is 0 Å². The van der Waals surface area contributed by atoms with Crippen molar-refractivity contribution in [2.75, 3.05) is 18.0 Å². The molecule has 0 bridgehead atoms. The first-order chi connectivity index (χ1) is 9.99. The normalized spacial score (nSPS) is 18.8. The van der Waals surface area contributed by atoms with Gasteiger partial charge in [0.1, 0.15) is 0 Å². The molecular weight excluding hydrogens is 256 g/mol. The Labute approximate surface area is 129 Å². The van der Waals surface area contributed by atoms with Gasteiger partial charge in [0, 0.05) is 30.9 Å². The van der Waals surface area contributed by atoms with E-state index in [4.69, 9.17) is 0 Å². The summed E-state index contributed by atoms with van der Waals surface area (Å²) in [6.07, 6.45) is 5.76. The maximum atomic E-state index is 3.56. The Morgan fingerprint density at radius 2 is 1.48 bits per heavy atom. The highest BCUT2D eigenvalue weighted by Gasteiger charge is 2.29. The zero-order valence-electron chi connectivity index (χ0n) is 13.9. The molecule has 0 spiro atoms. The number of anilines is 1. The Morgan fingerprint density at radius 3 is 1.90 bits per heavy atom. The van der Waals surface area contributed by atoms with Crippen LogP contribution in [0.3, 0.4) is 0 Å². The van der Waals surface area contributed by atoms with E-state index in [1.807, 2.05) is 0 Å². The summed E-state index contributed by atoms with van der Waals surface area (Å²) in [6, 6.07) is 9.23. The van der Waals surface area contributed by atoms with Gasteiger partial charge in [0.2, 0.25) is 0 Å². The minimum atomic E-state index is 0.183. The minimum Gasteiger partial charge on any atom is -0.371 e. The molecule has 0 saturated heterocycles. The third-order valence-corrected chi connectivity index (χ3v) is 4.48. The summed E-state index contributed by atoms with van der Waals surface area (Å²) < 4.78 is 0. The molecule has 0 aliphatic heterocycles. The Kier molecular flexibility index (Phi) is 4.26. The first kappa shape index (κ1) is 14.9. The molecule has 116 valence electrons. The van der Waals surface area contributed by atoms with Crippen molar-refractivity contribution in [3.8, 4) is 0 Å². The molecule has 21 heavy (non-hydrogen) atoms. The number of hydrogen-bond donors (Lipinski definition) is 1. The SMILES string of the molecule is CC(C)(C)NCc1ccc(N(CC2CC2)CC2CC2)cc1. The Morgan fingerprint density at radius 1 is 0.952 bits per heavy atom. The van der Waals surface area contributed by atoms with Crippen LogP contribution < -0.4 is 10.2 Å². The van der Waals surface area contributed by atoms with Gasteiger partial charge in [-0.2, -0.15) is 0 Å². The molecule has 0 unspecified atom stereocenters. The van der Waals surface area contributed by atoms with Crippen LogP contribution in [0, 0.1) is 11.8 Å². The number of benzene rings is 1. The summed E-state index contributed by atoms with van der Waals surface area (Å²) in [4.78, 5) is 2.64. The van der Waals surface area contributed by atoms with Crippen molar-refractivity contribution < 1.29 is 0 Å². The van der Waals surface area contributed by atoms with E-state index in [-0.39, 0.29) is 5.54 Å². The van der Waals surface area contributed by atoms with Crippen molar-refractivity contribution >= 4 is 5.69 Å². The first-order valence-electron chi connectivity index (χ1n) is 8.58. The topological polar surface area (TPSA) is 15.3 Å². The van der Waals surface area contributed by atoms with E-state index in [2.05, 4.69) is 55.3 Å². The molecule has 2 fully saturated rings. The Hall–Kier alpha value is -1.02. The van der Waals surface area contributed by atoms with Crippen LogP contribution in [0.5, 0.6) is 0 Å². The third-order valence-electron chi connectivity index (χ3n) is 4.48. The lowest BCUT2D eigenvalue weighted by atomic mass is 10.1. The van der Waals surface area contributed by atoms with Gasteiger partial charge < -0.3 is 10.2 Å². The van der Waals surface area contributed by atoms with Gasteiger partial charge in [0.15, 0.2) is 0 Å². The summed E-state index contributed by atoms with van der Waals surface area (Å²) in [6.45, 7) is 10.2. The third kappa shape index (κ3) is 5.03. The Bertz CT molecular complexity index is 435. The smallest absolute Gasteiger partial charge is 0.0366 e. The molecule has 2 aliphatic rings. The second-order valence-electron chi connectivity index (χ2n) is 8.06. The second kappa shape index (κ2) is 6.00. The maximum Gasteiger partial charge on any atom is 0.0366 e. The van der Waals surface area contributed by atoms with Crippen molar-refractivity contribution in [2.45, 2.75) is 58.5 Å². The zero-order valence-corrected chi connectivity index (χ0v) is 13.9. The molecule has 0 radical (unpaired) electrons. The lowest BCUT2D eigenvalue weighted by Crippen LogP contribution is -2.35. The average molecular weight is 286 g/mol. The molecular formula is C19H30N2. The fraction of sp³-hybridized carbons (Fsp3) is 0.684. The highest BCUT2D eigenvalue weighted by atomic mass is 15.1. The largest absolute Gasteiger partial charge is 0.371 e. The Balaban J connectivity index is 1.59. The number of nitrogens with zero attached hydrogens (tertiary/aromatic N) is 1. The zero-order chi connectivity index (χ0) is 14.9. The predicted molar refractivity (Wildman–Crippen MR) is 90.7 cm³/mol. The molecule has 2 heteroatoms. The van der Waals surface area contributed by atoms with E-state index in [0.29, 0.717) is 0 Å². The molecule has 0 atom stereocenters. The monoisotopic (exact) mass is 286 g/mol. The van der Waals surface area contributed by atoms with Crippen LogP contribution in [-0.2, 0) is 6.54 Å². The fourth-order valence-corrected chi connectivity index (χ4v) is 2.70. The van der Waals surface area contributed by atoms with Crippen LogP contribution in [0.4, 0.5) is 5.69 Å². The molecule has 2 aliphatic carbocycles. The standard InChI is InChI=1S/C19H30N2/c1-19(2,3)20-12-15-8-10-18(11-9-15)21(13-16-4-5-16)14-17-6-7-17/h8-11,16-17,20H,4-7,12-14H2,1-3H3. The van der Waals surface area contributed by atoms with Gasteiger partial charge in [-0.1, -0.05) is 12.1 Å². The second-order valence-corrected chi connectivity index (χ2v) is 8.06. The summed E-state index contributed by atoms with van der Waals surface area (Å²) >= 11 is 0. The number of rotatable bonds is 7. The molecule has 2 nitrogen and oxygen atoms in total. The maximum absolute atomic E-state index is 3.56. The molecule has 1 aromatic rings.